The molecule has 3 rings (SSSR count). The van der Waals surface area contributed by atoms with Gasteiger partial charge in [0, 0.05) is 6.54 Å². The molecule has 1 atom stereocenters. The number of hydrogen-bond acceptors (Lipinski definition) is 3. The van der Waals surface area contributed by atoms with E-state index in [1.807, 2.05) is 43.3 Å². The number of nitrogens with one attached hydrogen (secondary N) is 2. The molecule has 0 fully saturated rings. The maximum atomic E-state index is 12.2. The van der Waals surface area contributed by atoms with Gasteiger partial charge in [-0.1, -0.05) is 54.1 Å². The van der Waals surface area contributed by atoms with E-state index in [0.717, 1.165) is 24.0 Å². The van der Waals surface area contributed by atoms with Crippen molar-refractivity contribution >= 4 is 5.91 Å². The van der Waals surface area contributed by atoms with Crippen molar-refractivity contribution in [1.82, 2.24) is 10.6 Å². The Morgan fingerprint density at radius 1 is 1.21 bits per heavy atom. The maximum absolute atomic E-state index is 12.2. The van der Waals surface area contributed by atoms with E-state index < -0.39 is 5.54 Å². The van der Waals surface area contributed by atoms with E-state index in [2.05, 4.69) is 22.8 Å². The summed E-state index contributed by atoms with van der Waals surface area (Å²) in [5.41, 5.74) is 4.13. The van der Waals surface area contributed by atoms with E-state index in [0.29, 0.717) is 6.54 Å². The summed E-state index contributed by atoms with van der Waals surface area (Å²) in [6, 6.07) is 16.2. The number of carbonyl (C=O) groups is 1. The molecule has 3 N–H and O–H groups in total. The van der Waals surface area contributed by atoms with Crippen molar-refractivity contribution in [1.29, 1.82) is 0 Å². The highest BCUT2D eigenvalue weighted by atomic mass is 16.3. The minimum Gasteiger partial charge on any atom is -0.394 e. The highest BCUT2D eigenvalue weighted by Crippen LogP contribution is 2.36. The van der Waals surface area contributed by atoms with E-state index in [1.54, 1.807) is 0 Å². The molecule has 24 heavy (non-hydrogen) atoms. The smallest absolute Gasteiger partial charge is 0.234 e. The van der Waals surface area contributed by atoms with Gasteiger partial charge in [0.2, 0.25) is 5.91 Å². The lowest BCUT2D eigenvalue weighted by Gasteiger charge is -2.29. The second-order valence-electron chi connectivity index (χ2n) is 6.52. The monoisotopic (exact) mass is 324 g/mol. The van der Waals surface area contributed by atoms with E-state index in [9.17, 15) is 9.90 Å². The normalized spacial score (nSPS) is 19.1. The van der Waals surface area contributed by atoms with Crippen LogP contribution in [0.1, 0.15) is 28.7 Å². The van der Waals surface area contributed by atoms with Crippen LogP contribution >= 0.6 is 0 Å². The Bertz CT molecular complexity index is 729. The van der Waals surface area contributed by atoms with Gasteiger partial charge in [0.25, 0.3) is 0 Å². The van der Waals surface area contributed by atoms with Crippen LogP contribution in [0.25, 0.3) is 0 Å². The average Bonchev–Trinajstić information content (AvgIpc) is 2.98. The molecule has 2 aromatic rings. The maximum Gasteiger partial charge on any atom is 0.234 e. The lowest BCUT2D eigenvalue weighted by atomic mass is 9.92. The molecule has 1 aliphatic carbocycles. The van der Waals surface area contributed by atoms with Crippen molar-refractivity contribution in [2.75, 3.05) is 13.2 Å². The number of aliphatic hydroxyl groups excluding tert-OH is 1. The summed E-state index contributed by atoms with van der Waals surface area (Å²) in [5, 5.41) is 16.1. The van der Waals surface area contributed by atoms with Gasteiger partial charge in [-0.05, 0) is 36.5 Å². The zero-order valence-corrected chi connectivity index (χ0v) is 14.0. The van der Waals surface area contributed by atoms with Crippen LogP contribution in [0.2, 0.25) is 0 Å². The van der Waals surface area contributed by atoms with Crippen LogP contribution in [0.5, 0.6) is 0 Å². The Morgan fingerprint density at radius 3 is 2.83 bits per heavy atom. The summed E-state index contributed by atoms with van der Waals surface area (Å²) in [5.74, 6) is -0.0614. The first kappa shape index (κ1) is 16.7. The van der Waals surface area contributed by atoms with E-state index in [-0.39, 0.29) is 19.1 Å². The van der Waals surface area contributed by atoms with Gasteiger partial charge < -0.3 is 10.4 Å². The van der Waals surface area contributed by atoms with Crippen molar-refractivity contribution in [2.45, 2.75) is 31.8 Å². The number of amides is 1. The fourth-order valence-electron chi connectivity index (χ4n) is 3.43. The van der Waals surface area contributed by atoms with Crippen molar-refractivity contribution in [3.05, 3.63) is 70.8 Å². The second-order valence-corrected chi connectivity index (χ2v) is 6.52. The van der Waals surface area contributed by atoms with Gasteiger partial charge in [-0.25, -0.2) is 0 Å². The van der Waals surface area contributed by atoms with Gasteiger partial charge in [-0.3, -0.25) is 10.1 Å². The van der Waals surface area contributed by atoms with Crippen LogP contribution in [-0.2, 0) is 23.3 Å². The number of benzene rings is 2. The van der Waals surface area contributed by atoms with Crippen LogP contribution < -0.4 is 10.6 Å². The van der Waals surface area contributed by atoms with Crippen molar-refractivity contribution in [3.8, 4) is 0 Å². The van der Waals surface area contributed by atoms with Crippen molar-refractivity contribution < 1.29 is 9.90 Å². The Hall–Kier alpha value is -2.17. The molecule has 126 valence electrons. The molecule has 0 saturated heterocycles. The second kappa shape index (κ2) is 7.16. The van der Waals surface area contributed by atoms with Gasteiger partial charge in [-0.15, -0.1) is 0 Å². The first-order valence-electron chi connectivity index (χ1n) is 8.39. The third-order valence-corrected chi connectivity index (χ3v) is 4.78. The summed E-state index contributed by atoms with van der Waals surface area (Å²) in [4.78, 5) is 12.2. The Balaban J connectivity index is 1.57. The number of aryl methyl sites for hydroxylation is 2. The van der Waals surface area contributed by atoms with E-state index >= 15 is 0 Å². The quantitative estimate of drug-likeness (QED) is 0.762. The molecule has 4 nitrogen and oxygen atoms in total. The van der Waals surface area contributed by atoms with Crippen molar-refractivity contribution in [2.24, 2.45) is 0 Å². The van der Waals surface area contributed by atoms with Gasteiger partial charge in [-0.2, -0.15) is 0 Å². The zero-order valence-electron chi connectivity index (χ0n) is 14.0. The van der Waals surface area contributed by atoms with E-state index in [4.69, 9.17) is 0 Å². The molecule has 1 amide bonds. The van der Waals surface area contributed by atoms with Crippen molar-refractivity contribution in [3.63, 3.8) is 0 Å². The Kier molecular flexibility index (Phi) is 4.97. The molecule has 0 spiro atoms. The highest BCUT2D eigenvalue weighted by Gasteiger charge is 2.37. The minimum atomic E-state index is -0.503. The summed E-state index contributed by atoms with van der Waals surface area (Å²) in [6.07, 6.45) is 1.74. The van der Waals surface area contributed by atoms with Crippen LogP contribution in [0, 0.1) is 6.92 Å². The zero-order chi connectivity index (χ0) is 17.0. The van der Waals surface area contributed by atoms with Crippen LogP contribution in [0.3, 0.4) is 0 Å². The molecule has 0 bridgehead atoms. The molecule has 4 heteroatoms. The summed E-state index contributed by atoms with van der Waals surface area (Å²) < 4.78 is 0. The van der Waals surface area contributed by atoms with Crippen LogP contribution in [0.4, 0.5) is 0 Å². The SMILES string of the molecule is Cc1cccc(CNC(=O)CNC2(CO)CCc3ccccc32)c1. The first-order chi connectivity index (χ1) is 11.6. The summed E-state index contributed by atoms with van der Waals surface area (Å²) >= 11 is 0. The average molecular weight is 324 g/mol. The number of carbonyl (C=O) groups excluding carboxylic acids is 1. The largest absolute Gasteiger partial charge is 0.394 e. The molecule has 1 unspecified atom stereocenters. The predicted octanol–water partition coefficient (Wildman–Crippen LogP) is 2.03. The highest BCUT2D eigenvalue weighted by molar-refractivity contribution is 5.78. The first-order valence-corrected chi connectivity index (χ1v) is 8.39. The van der Waals surface area contributed by atoms with Gasteiger partial charge in [0.15, 0.2) is 0 Å². The summed E-state index contributed by atoms with van der Waals surface area (Å²) in [6.45, 7) is 2.75. The van der Waals surface area contributed by atoms with E-state index in [1.165, 1.54) is 11.1 Å². The third kappa shape index (κ3) is 3.50. The third-order valence-electron chi connectivity index (χ3n) is 4.78. The molecule has 0 aromatic heterocycles. The topological polar surface area (TPSA) is 61.4 Å². The molecule has 1 aliphatic rings. The predicted molar refractivity (Wildman–Crippen MR) is 94.6 cm³/mol. The standard InChI is InChI=1S/C20H24N2O2/c1-15-5-4-6-16(11-15)12-21-19(24)13-22-20(14-23)10-9-17-7-2-3-8-18(17)20/h2-8,11,22-23H,9-10,12-14H2,1H3,(H,21,24). The van der Waals surface area contributed by atoms with Gasteiger partial charge >= 0.3 is 0 Å². The Labute approximate surface area is 142 Å². The number of fused-ring (bicyclic) bond motifs is 1. The molecular weight excluding hydrogens is 300 g/mol. The number of rotatable bonds is 6. The summed E-state index contributed by atoms with van der Waals surface area (Å²) in [7, 11) is 0. The number of hydrogen-bond donors (Lipinski definition) is 3. The fraction of sp³-hybridized carbons (Fsp3) is 0.350. The molecule has 0 aliphatic heterocycles. The van der Waals surface area contributed by atoms with Gasteiger partial charge in [0.1, 0.15) is 0 Å². The minimum absolute atomic E-state index is 0.00479. The Morgan fingerprint density at radius 2 is 2.04 bits per heavy atom. The molecule has 0 saturated carbocycles. The molecule has 0 radical (unpaired) electrons. The molecule has 2 aromatic carbocycles. The lowest BCUT2D eigenvalue weighted by Crippen LogP contribution is -2.48. The van der Waals surface area contributed by atoms with Crippen LogP contribution in [0.15, 0.2) is 48.5 Å². The van der Waals surface area contributed by atoms with Crippen LogP contribution in [-0.4, -0.2) is 24.2 Å². The molecular formula is C20H24N2O2. The fourth-order valence-corrected chi connectivity index (χ4v) is 3.43. The molecule has 0 heterocycles. The number of aliphatic hydroxyl groups is 1. The van der Waals surface area contributed by atoms with Gasteiger partial charge in [0.05, 0.1) is 18.7 Å². The lowest BCUT2D eigenvalue weighted by molar-refractivity contribution is -0.120.